The molecular formula is C4H8MgO7S. The first-order chi connectivity index (χ1) is 5.25. The van der Waals surface area contributed by atoms with Crippen molar-refractivity contribution < 1.29 is 35.6 Å². The van der Waals surface area contributed by atoms with Gasteiger partial charge < -0.3 is 13.1 Å². The predicted molar refractivity (Wildman–Crippen MR) is 43.2 cm³/mol. The SMILES string of the molecule is O=C(O)CC(C(=O)O)S(=O)(=O)O.[H-].[H-].[Mg+2]. The van der Waals surface area contributed by atoms with E-state index in [2.05, 4.69) is 0 Å². The summed E-state index contributed by atoms with van der Waals surface area (Å²) in [6.45, 7) is 0. The van der Waals surface area contributed by atoms with Gasteiger partial charge in [-0.3, -0.25) is 14.1 Å². The minimum atomic E-state index is -4.84. The van der Waals surface area contributed by atoms with E-state index < -0.39 is 33.7 Å². The second-order valence-electron chi connectivity index (χ2n) is 1.94. The third kappa shape index (κ3) is 5.79. The number of rotatable bonds is 4. The first-order valence-corrected chi connectivity index (χ1v) is 4.16. The maximum Gasteiger partial charge on any atom is 2.00 e. The molecule has 0 aliphatic rings. The van der Waals surface area contributed by atoms with E-state index in [0.29, 0.717) is 0 Å². The van der Waals surface area contributed by atoms with Gasteiger partial charge in [-0.1, -0.05) is 0 Å². The van der Waals surface area contributed by atoms with Gasteiger partial charge in [0, 0.05) is 0 Å². The van der Waals surface area contributed by atoms with Crippen molar-refractivity contribution in [2.75, 3.05) is 0 Å². The van der Waals surface area contributed by atoms with Gasteiger partial charge in [0.1, 0.15) is 0 Å². The van der Waals surface area contributed by atoms with Crippen LogP contribution < -0.4 is 0 Å². The fraction of sp³-hybridized carbons (Fsp3) is 0.500. The summed E-state index contributed by atoms with van der Waals surface area (Å²) in [5, 5.41) is 13.9. The van der Waals surface area contributed by atoms with Gasteiger partial charge in [0.2, 0.25) is 0 Å². The van der Waals surface area contributed by atoms with Crippen molar-refractivity contribution in [3.05, 3.63) is 0 Å². The Labute approximate surface area is 92.6 Å². The topological polar surface area (TPSA) is 129 Å². The molecule has 0 aliphatic carbocycles. The Balaban J connectivity index is -0.000000202. The molecule has 7 nitrogen and oxygen atoms in total. The van der Waals surface area contributed by atoms with Crippen LogP contribution in [0.1, 0.15) is 9.27 Å². The minimum absolute atomic E-state index is 0. The van der Waals surface area contributed by atoms with E-state index in [-0.39, 0.29) is 25.9 Å². The van der Waals surface area contributed by atoms with Crippen LogP contribution in [0.3, 0.4) is 0 Å². The molecule has 0 saturated carbocycles. The van der Waals surface area contributed by atoms with Crippen molar-refractivity contribution in [3.63, 3.8) is 0 Å². The summed E-state index contributed by atoms with van der Waals surface area (Å²) in [4.78, 5) is 20.0. The molecule has 0 fully saturated rings. The molecule has 0 rings (SSSR count). The molecule has 0 heterocycles. The molecule has 0 bridgehead atoms. The van der Waals surface area contributed by atoms with Crippen LogP contribution in [-0.2, 0) is 19.7 Å². The summed E-state index contributed by atoms with van der Waals surface area (Å²) in [6, 6.07) is 0. The number of carbonyl (C=O) groups is 2. The van der Waals surface area contributed by atoms with E-state index in [9.17, 15) is 18.0 Å². The van der Waals surface area contributed by atoms with Gasteiger partial charge in [-0.25, -0.2) is 0 Å². The molecule has 74 valence electrons. The zero-order valence-electron chi connectivity index (χ0n) is 8.37. The molecule has 0 aromatic carbocycles. The first kappa shape index (κ1) is 15.1. The standard InChI is InChI=1S/C4H6O7S.Mg.2H/c5-3(6)1-2(4(7)8)12(9,10)11;;;/h2H,1H2,(H,5,6)(H,7,8)(H,9,10,11);;;/q;+2;2*-1. The van der Waals surface area contributed by atoms with Crippen molar-refractivity contribution in [2.24, 2.45) is 0 Å². The molecule has 0 radical (unpaired) electrons. The van der Waals surface area contributed by atoms with E-state index in [1.807, 2.05) is 0 Å². The zero-order valence-corrected chi connectivity index (χ0v) is 8.61. The fourth-order valence-corrected chi connectivity index (χ4v) is 1.09. The van der Waals surface area contributed by atoms with Crippen molar-refractivity contribution in [1.82, 2.24) is 0 Å². The molecule has 3 N–H and O–H groups in total. The Bertz CT molecular complexity index is 302. The number of hydrogen-bond acceptors (Lipinski definition) is 4. The summed E-state index contributed by atoms with van der Waals surface area (Å²) >= 11 is 0. The van der Waals surface area contributed by atoms with Crippen LogP contribution in [0.5, 0.6) is 0 Å². The third-order valence-corrected chi connectivity index (χ3v) is 2.08. The fourth-order valence-electron chi connectivity index (χ4n) is 0.479. The summed E-state index contributed by atoms with van der Waals surface area (Å²) in [5.41, 5.74) is 0. The average Bonchev–Trinajstić information content (AvgIpc) is 1.79. The van der Waals surface area contributed by atoms with Crippen molar-refractivity contribution in [3.8, 4) is 0 Å². The van der Waals surface area contributed by atoms with E-state index >= 15 is 0 Å². The summed E-state index contributed by atoms with van der Waals surface area (Å²) in [6.07, 6.45) is -1.16. The number of carboxylic acid groups (broad SMARTS) is 2. The molecule has 0 aromatic heterocycles. The van der Waals surface area contributed by atoms with Crippen LogP contribution in [-0.4, -0.2) is 63.4 Å². The summed E-state index contributed by atoms with van der Waals surface area (Å²) < 4.78 is 28.7. The smallest absolute Gasteiger partial charge is 1.00 e. The van der Waals surface area contributed by atoms with Gasteiger partial charge in [0.25, 0.3) is 10.1 Å². The molecule has 0 aromatic rings. The van der Waals surface area contributed by atoms with Crippen molar-refractivity contribution in [2.45, 2.75) is 11.7 Å². The molecule has 1 unspecified atom stereocenters. The number of hydrogen-bond donors (Lipinski definition) is 3. The molecule has 0 spiro atoms. The molecule has 0 aliphatic heterocycles. The van der Waals surface area contributed by atoms with E-state index in [1.54, 1.807) is 0 Å². The van der Waals surface area contributed by atoms with E-state index in [0.717, 1.165) is 0 Å². The monoisotopic (exact) mass is 224 g/mol. The molecular weight excluding hydrogens is 216 g/mol. The van der Waals surface area contributed by atoms with Gasteiger partial charge in [-0.05, 0) is 0 Å². The minimum Gasteiger partial charge on any atom is -1.00 e. The Hall–Kier alpha value is -0.384. The molecule has 9 heteroatoms. The molecule has 1 atom stereocenters. The predicted octanol–water partition coefficient (Wildman–Crippen LogP) is -1.35. The van der Waals surface area contributed by atoms with Gasteiger partial charge in [0.05, 0.1) is 6.42 Å². The normalized spacial score (nSPS) is 12.7. The van der Waals surface area contributed by atoms with Crippen LogP contribution in [0.25, 0.3) is 0 Å². The van der Waals surface area contributed by atoms with Gasteiger partial charge in [-0.2, -0.15) is 8.42 Å². The van der Waals surface area contributed by atoms with Crippen LogP contribution in [0.4, 0.5) is 0 Å². The Morgan fingerprint density at radius 2 is 1.69 bits per heavy atom. The largest absolute Gasteiger partial charge is 2.00 e. The maximum atomic E-state index is 10.2. The van der Waals surface area contributed by atoms with E-state index in [4.69, 9.17) is 14.8 Å². The summed E-state index contributed by atoms with van der Waals surface area (Å²) in [7, 11) is -4.84. The average molecular weight is 224 g/mol. The van der Waals surface area contributed by atoms with Crippen molar-refractivity contribution >= 4 is 45.1 Å². The van der Waals surface area contributed by atoms with Gasteiger partial charge in [0.15, 0.2) is 5.25 Å². The number of carboxylic acids is 2. The third-order valence-electron chi connectivity index (χ3n) is 0.995. The second-order valence-corrected chi connectivity index (χ2v) is 3.54. The maximum absolute atomic E-state index is 10.2. The molecule has 13 heavy (non-hydrogen) atoms. The summed E-state index contributed by atoms with van der Waals surface area (Å²) in [5.74, 6) is -3.50. The van der Waals surface area contributed by atoms with Crippen LogP contribution in [0, 0.1) is 0 Å². The molecule has 0 amide bonds. The zero-order chi connectivity index (χ0) is 9.94. The Morgan fingerprint density at radius 1 is 1.31 bits per heavy atom. The first-order valence-electron chi connectivity index (χ1n) is 2.66. The quantitative estimate of drug-likeness (QED) is 0.397. The van der Waals surface area contributed by atoms with Crippen LogP contribution in [0.2, 0.25) is 0 Å². The van der Waals surface area contributed by atoms with Crippen LogP contribution >= 0.6 is 0 Å². The van der Waals surface area contributed by atoms with Gasteiger partial charge >= 0.3 is 35.0 Å². The van der Waals surface area contributed by atoms with E-state index in [1.165, 1.54) is 0 Å². The van der Waals surface area contributed by atoms with Crippen LogP contribution in [0.15, 0.2) is 0 Å². The Kier molecular flexibility index (Phi) is 6.24. The number of aliphatic carboxylic acids is 2. The van der Waals surface area contributed by atoms with Gasteiger partial charge in [-0.15, -0.1) is 0 Å². The second kappa shape index (κ2) is 5.37. The van der Waals surface area contributed by atoms with Crippen molar-refractivity contribution in [1.29, 1.82) is 0 Å². The Morgan fingerprint density at radius 3 is 1.77 bits per heavy atom. The molecule has 0 saturated heterocycles.